The van der Waals surface area contributed by atoms with E-state index in [1.54, 1.807) is 0 Å². The molecule has 0 amide bonds. The standard InChI is InChI=1S/C31H21ClO/c32-23-18-19-26-29(20-23)31(33,27-16-8-7-14-24(27)21-10-3-1-4-11-21)28-17-9-15-25(30(26)28)22-12-5-2-6-13-22/h1-20,33H. The molecule has 5 aromatic rings. The highest BCUT2D eigenvalue weighted by Crippen LogP contribution is 2.55. The van der Waals surface area contributed by atoms with Gasteiger partial charge in [0.25, 0.3) is 0 Å². The van der Waals surface area contributed by atoms with E-state index in [0.29, 0.717) is 5.02 Å². The molecule has 1 nitrogen and oxygen atoms in total. The second-order valence-corrected chi connectivity index (χ2v) is 8.84. The summed E-state index contributed by atoms with van der Waals surface area (Å²) in [5, 5.41) is 13.3. The Morgan fingerprint density at radius 1 is 0.485 bits per heavy atom. The molecular formula is C31H21ClO. The van der Waals surface area contributed by atoms with Gasteiger partial charge in [-0.15, -0.1) is 0 Å². The summed E-state index contributed by atoms with van der Waals surface area (Å²) in [7, 11) is 0. The van der Waals surface area contributed by atoms with Crippen LogP contribution in [0.1, 0.15) is 16.7 Å². The number of halogens is 1. The predicted molar refractivity (Wildman–Crippen MR) is 136 cm³/mol. The zero-order chi connectivity index (χ0) is 22.4. The molecule has 0 aromatic heterocycles. The lowest BCUT2D eigenvalue weighted by Crippen LogP contribution is -2.27. The van der Waals surface area contributed by atoms with Crippen molar-refractivity contribution in [2.75, 3.05) is 0 Å². The number of benzene rings is 5. The third-order valence-electron chi connectivity index (χ3n) is 6.58. The number of hydrogen-bond acceptors (Lipinski definition) is 1. The van der Waals surface area contributed by atoms with Crippen LogP contribution in [0, 0.1) is 0 Å². The van der Waals surface area contributed by atoms with E-state index in [-0.39, 0.29) is 0 Å². The highest BCUT2D eigenvalue weighted by molar-refractivity contribution is 6.30. The van der Waals surface area contributed by atoms with Crippen LogP contribution in [0.3, 0.4) is 0 Å². The monoisotopic (exact) mass is 444 g/mol. The van der Waals surface area contributed by atoms with E-state index in [9.17, 15) is 5.11 Å². The van der Waals surface area contributed by atoms with Crippen molar-refractivity contribution in [1.29, 1.82) is 0 Å². The number of aliphatic hydroxyl groups is 1. The Balaban J connectivity index is 1.70. The van der Waals surface area contributed by atoms with Gasteiger partial charge in [0.15, 0.2) is 0 Å². The van der Waals surface area contributed by atoms with Crippen molar-refractivity contribution in [3.63, 3.8) is 0 Å². The molecule has 1 N–H and O–H groups in total. The predicted octanol–water partition coefficient (Wildman–Crippen LogP) is 7.94. The molecule has 6 rings (SSSR count). The van der Waals surface area contributed by atoms with Crippen LogP contribution in [0.4, 0.5) is 0 Å². The molecule has 1 aliphatic carbocycles. The minimum absolute atomic E-state index is 0.610. The van der Waals surface area contributed by atoms with Crippen molar-refractivity contribution in [1.82, 2.24) is 0 Å². The molecule has 0 fully saturated rings. The first-order chi connectivity index (χ1) is 16.2. The fourth-order valence-corrected chi connectivity index (χ4v) is 5.31. The fraction of sp³-hybridized carbons (Fsp3) is 0.0323. The van der Waals surface area contributed by atoms with Gasteiger partial charge in [0.2, 0.25) is 0 Å². The zero-order valence-corrected chi connectivity index (χ0v) is 18.6. The van der Waals surface area contributed by atoms with E-state index >= 15 is 0 Å². The van der Waals surface area contributed by atoms with Crippen LogP contribution in [-0.2, 0) is 5.60 Å². The maximum absolute atomic E-state index is 12.6. The molecule has 0 radical (unpaired) electrons. The van der Waals surface area contributed by atoms with E-state index in [0.717, 1.165) is 50.1 Å². The van der Waals surface area contributed by atoms with Gasteiger partial charge in [0, 0.05) is 21.7 Å². The molecule has 158 valence electrons. The first-order valence-electron chi connectivity index (χ1n) is 11.0. The highest BCUT2D eigenvalue weighted by atomic mass is 35.5. The van der Waals surface area contributed by atoms with Crippen LogP contribution in [0.15, 0.2) is 121 Å². The molecule has 5 aromatic carbocycles. The van der Waals surface area contributed by atoms with Gasteiger partial charge in [-0.25, -0.2) is 0 Å². The van der Waals surface area contributed by atoms with Crippen LogP contribution in [0.5, 0.6) is 0 Å². The minimum atomic E-state index is -1.33. The van der Waals surface area contributed by atoms with Gasteiger partial charge < -0.3 is 5.11 Å². The van der Waals surface area contributed by atoms with Gasteiger partial charge >= 0.3 is 0 Å². The smallest absolute Gasteiger partial charge is 0.142 e. The summed E-state index contributed by atoms with van der Waals surface area (Å²) in [6.07, 6.45) is 0. The molecule has 0 bridgehead atoms. The summed E-state index contributed by atoms with van der Waals surface area (Å²) in [5.41, 5.74) is 7.58. The van der Waals surface area contributed by atoms with Crippen LogP contribution < -0.4 is 0 Å². The van der Waals surface area contributed by atoms with E-state index in [1.807, 2.05) is 84.9 Å². The number of rotatable bonds is 3. The summed E-state index contributed by atoms with van der Waals surface area (Å²) >= 11 is 6.48. The molecule has 0 saturated carbocycles. The number of fused-ring (bicyclic) bond motifs is 3. The Morgan fingerprint density at radius 3 is 1.79 bits per heavy atom. The largest absolute Gasteiger partial charge is 0.376 e. The van der Waals surface area contributed by atoms with E-state index < -0.39 is 5.60 Å². The maximum Gasteiger partial charge on any atom is 0.142 e. The Labute approximate surface area is 198 Å². The van der Waals surface area contributed by atoms with Gasteiger partial charge in [0.1, 0.15) is 5.60 Å². The van der Waals surface area contributed by atoms with E-state index in [2.05, 4.69) is 36.4 Å². The lowest BCUT2D eigenvalue weighted by Gasteiger charge is -2.29. The first-order valence-corrected chi connectivity index (χ1v) is 11.4. The zero-order valence-electron chi connectivity index (χ0n) is 17.9. The first kappa shape index (κ1) is 20.0. The van der Waals surface area contributed by atoms with Crippen LogP contribution >= 0.6 is 11.6 Å². The van der Waals surface area contributed by atoms with Crippen molar-refractivity contribution in [2.24, 2.45) is 0 Å². The van der Waals surface area contributed by atoms with Gasteiger partial charge in [-0.2, -0.15) is 0 Å². The van der Waals surface area contributed by atoms with Crippen molar-refractivity contribution in [2.45, 2.75) is 5.60 Å². The van der Waals surface area contributed by atoms with Crippen LogP contribution in [0.25, 0.3) is 33.4 Å². The lowest BCUT2D eigenvalue weighted by atomic mass is 9.80. The summed E-state index contributed by atoms with van der Waals surface area (Å²) in [6, 6.07) is 40.7. The second kappa shape index (κ2) is 7.74. The van der Waals surface area contributed by atoms with Crippen molar-refractivity contribution >= 4 is 11.6 Å². The van der Waals surface area contributed by atoms with Crippen molar-refractivity contribution in [3.8, 4) is 33.4 Å². The quantitative estimate of drug-likeness (QED) is 0.299. The topological polar surface area (TPSA) is 20.2 Å². The van der Waals surface area contributed by atoms with Gasteiger partial charge in [-0.3, -0.25) is 0 Å². The highest BCUT2D eigenvalue weighted by Gasteiger charge is 2.45. The molecule has 1 aliphatic rings. The summed E-state index contributed by atoms with van der Waals surface area (Å²) in [6.45, 7) is 0. The van der Waals surface area contributed by atoms with Gasteiger partial charge in [-0.1, -0.05) is 121 Å². The summed E-state index contributed by atoms with van der Waals surface area (Å²) < 4.78 is 0. The van der Waals surface area contributed by atoms with Crippen molar-refractivity contribution in [3.05, 3.63) is 143 Å². The molecule has 0 heterocycles. The Kier molecular flexibility index (Phi) is 4.69. The molecule has 0 spiro atoms. The Bertz CT molecular complexity index is 1470. The SMILES string of the molecule is OC1(c2ccccc2-c2ccccc2)c2cc(Cl)ccc2-c2c(-c3ccccc3)cccc21. The molecule has 0 saturated heterocycles. The maximum atomic E-state index is 12.6. The van der Waals surface area contributed by atoms with Crippen LogP contribution in [0.2, 0.25) is 5.02 Å². The molecule has 1 unspecified atom stereocenters. The van der Waals surface area contributed by atoms with E-state index in [1.165, 1.54) is 0 Å². The second-order valence-electron chi connectivity index (χ2n) is 8.41. The summed E-state index contributed by atoms with van der Waals surface area (Å²) in [4.78, 5) is 0. The molecule has 0 aliphatic heterocycles. The average molecular weight is 445 g/mol. The lowest BCUT2D eigenvalue weighted by molar-refractivity contribution is 0.131. The number of hydrogen-bond donors (Lipinski definition) is 1. The van der Waals surface area contributed by atoms with Gasteiger partial charge in [0.05, 0.1) is 0 Å². The molecular weight excluding hydrogens is 424 g/mol. The third-order valence-corrected chi connectivity index (χ3v) is 6.82. The Hall–Kier alpha value is -3.65. The molecule has 1 atom stereocenters. The van der Waals surface area contributed by atoms with Crippen LogP contribution in [-0.4, -0.2) is 5.11 Å². The third kappa shape index (κ3) is 3.05. The minimum Gasteiger partial charge on any atom is -0.376 e. The Morgan fingerprint density at radius 2 is 1.06 bits per heavy atom. The normalized spacial score (nSPS) is 16.3. The van der Waals surface area contributed by atoms with E-state index in [4.69, 9.17) is 11.6 Å². The molecule has 33 heavy (non-hydrogen) atoms. The summed E-state index contributed by atoms with van der Waals surface area (Å²) in [5.74, 6) is 0. The van der Waals surface area contributed by atoms with Crippen molar-refractivity contribution < 1.29 is 5.11 Å². The van der Waals surface area contributed by atoms with Gasteiger partial charge in [-0.05, 0) is 45.5 Å². The fourth-order valence-electron chi connectivity index (χ4n) is 5.14. The molecule has 2 heteroatoms. The average Bonchev–Trinajstić information content (AvgIpc) is 3.14.